The number of nitrogens with one attached hydrogen (secondary N) is 1. The lowest BCUT2D eigenvalue weighted by Gasteiger charge is -2.08. The van der Waals surface area contributed by atoms with E-state index in [2.05, 4.69) is 26.5 Å². The molecule has 0 saturated carbocycles. The molecule has 1 amide bonds. The van der Waals surface area contributed by atoms with Crippen LogP contribution in [-0.2, 0) is 4.79 Å². The molecule has 0 atom stereocenters. The molecule has 0 aliphatic rings. The number of benzene rings is 3. The first-order chi connectivity index (χ1) is 15.8. The van der Waals surface area contributed by atoms with Crippen molar-refractivity contribution >= 4 is 39.7 Å². The van der Waals surface area contributed by atoms with Gasteiger partial charge in [0.25, 0.3) is 11.6 Å². The molecule has 0 saturated heterocycles. The summed E-state index contributed by atoms with van der Waals surface area (Å²) in [6, 6.07) is 17.3. The zero-order valence-corrected chi connectivity index (χ0v) is 18.9. The van der Waals surface area contributed by atoms with Crippen LogP contribution in [0.3, 0.4) is 0 Å². The third-order valence-corrected chi connectivity index (χ3v) is 4.77. The summed E-state index contributed by atoms with van der Waals surface area (Å²) in [5, 5.41) is 14.5. The van der Waals surface area contributed by atoms with E-state index in [0.717, 1.165) is 10.0 Å². The number of carbonyl (C=O) groups excluding carboxylic acids is 2. The molecule has 0 aromatic heterocycles. The van der Waals surface area contributed by atoms with Gasteiger partial charge in [0, 0.05) is 22.2 Å². The van der Waals surface area contributed by atoms with Crippen LogP contribution in [0.4, 0.5) is 5.69 Å². The van der Waals surface area contributed by atoms with Crippen LogP contribution in [0.5, 0.6) is 11.5 Å². The van der Waals surface area contributed by atoms with Crippen LogP contribution in [0.15, 0.2) is 76.3 Å². The second kappa shape index (κ2) is 11.0. The number of nitrogens with zero attached hydrogens (tertiary/aromatic N) is 2. The second-order valence-electron chi connectivity index (χ2n) is 6.77. The first-order valence-corrected chi connectivity index (χ1v) is 10.4. The Kier molecular flexibility index (Phi) is 7.87. The highest BCUT2D eigenvalue weighted by molar-refractivity contribution is 9.10. The van der Waals surface area contributed by atoms with Crippen molar-refractivity contribution in [3.8, 4) is 11.5 Å². The molecule has 1 N–H and O–H groups in total. The van der Waals surface area contributed by atoms with Gasteiger partial charge in [0.2, 0.25) is 0 Å². The fraction of sp³-hybridized carbons (Fsp3) is 0.0870. The minimum absolute atomic E-state index is 0.0793. The van der Waals surface area contributed by atoms with Gasteiger partial charge in [0.05, 0.1) is 16.7 Å². The number of non-ortho nitro benzene ring substituents is 1. The van der Waals surface area contributed by atoms with E-state index in [1.807, 2.05) is 19.1 Å². The van der Waals surface area contributed by atoms with Gasteiger partial charge in [-0.3, -0.25) is 14.9 Å². The number of hydrazone groups is 1. The molecule has 33 heavy (non-hydrogen) atoms. The van der Waals surface area contributed by atoms with Crippen molar-refractivity contribution in [2.75, 3.05) is 6.61 Å². The van der Waals surface area contributed by atoms with Gasteiger partial charge in [0.15, 0.2) is 6.61 Å². The normalized spacial score (nSPS) is 10.6. The summed E-state index contributed by atoms with van der Waals surface area (Å²) in [5.74, 6) is -0.494. The highest BCUT2D eigenvalue weighted by atomic mass is 79.9. The Bertz CT molecular complexity index is 1190. The maximum atomic E-state index is 12.4. The van der Waals surface area contributed by atoms with Crippen molar-refractivity contribution in [1.82, 2.24) is 5.43 Å². The first-order valence-electron chi connectivity index (χ1n) is 9.59. The number of esters is 1. The Morgan fingerprint density at radius 2 is 1.79 bits per heavy atom. The van der Waals surface area contributed by atoms with E-state index in [1.165, 1.54) is 30.5 Å². The van der Waals surface area contributed by atoms with Crippen LogP contribution in [-0.4, -0.2) is 29.6 Å². The fourth-order valence-corrected chi connectivity index (χ4v) is 2.96. The average molecular weight is 512 g/mol. The summed E-state index contributed by atoms with van der Waals surface area (Å²) in [7, 11) is 0. The predicted molar refractivity (Wildman–Crippen MR) is 125 cm³/mol. The van der Waals surface area contributed by atoms with Gasteiger partial charge in [-0.2, -0.15) is 5.10 Å². The molecule has 0 aliphatic heterocycles. The molecule has 0 heterocycles. The maximum absolute atomic E-state index is 12.4. The lowest BCUT2D eigenvalue weighted by Crippen LogP contribution is -2.24. The third-order valence-electron chi connectivity index (χ3n) is 4.27. The van der Waals surface area contributed by atoms with Crippen LogP contribution in [0.2, 0.25) is 0 Å². The summed E-state index contributed by atoms with van der Waals surface area (Å²) in [6.45, 7) is 1.58. The number of amides is 1. The number of nitro benzene ring substituents is 1. The predicted octanol–water partition coefficient (Wildman–Crippen LogP) is 4.41. The van der Waals surface area contributed by atoms with Gasteiger partial charge in [-0.15, -0.1) is 0 Å². The van der Waals surface area contributed by atoms with Crippen LogP contribution in [0.1, 0.15) is 21.5 Å². The van der Waals surface area contributed by atoms with Crippen LogP contribution < -0.4 is 14.9 Å². The van der Waals surface area contributed by atoms with E-state index in [-0.39, 0.29) is 18.0 Å². The molecule has 0 fully saturated rings. The van der Waals surface area contributed by atoms with Gasteiger partial charge in [0.1, 0.15) is 11.5 Å². The number of halogens is 1. The standard InChI is InChI=1S/C23H18BrN3O6/c1-15-2-4-16(5-3-15)23(29)33-21-11-6-18(24)12-17(21)13-25-26-22(28)14-32-20-9-7-19(8-10-20)27(30)31/h2-13H,14H2,1H3,(H,26,28)/b25-13-. The quantitative estimate of drug-likeness (QED) is 0.157. The summed E-state index contributed by atoms with van der Waals surface area (Å²) in [4.78, 5) is 34.5. The molecule has 9 nitrogen and oxygen atoms in total. The molecule has 10 heteroatoms. The number of hydrogen-bond donors (Lipinski definition) is 1. The molecule has 0 bridgehead atoms. The van der Waals surface area contributed by atoms with Gasteiger partial charge in [-0.1, -0.05) is 33.6 Å². The largest absolute Gasteiger partial charge is 0.484 e. The number of hydrogen-bond acceptors (Lipinski definition) is 7. The van der Waals surface area contributed by atoms with Gasteiger partial charge < -0.3 is 9.47 Å². The van der Waals surface area contributed by atoms with E-state index in [1.54, 1.807) is 30.3 Å². The number of rotatable bonds is 8. The molecule has 0 aliphatic carbocycles. The van der Waals surface area contributed by atoms with Crippen molar-refractivity contribution < 1.29 is 24.0 Å². The lowest BCUT2D eigenvalue weighted by molar-refractivity contribution is -0.384. The van der Waals surface area contributed by atoms with Crippen molar-refractivity contribution in [2.24, 2.45) is 5.10 Å². The van der Waals surface area contributed by atoms with Gasteiger partial charge in [-0.05, 0) is 49.4 Å². The highest BCUT2D eigenvalue weighted by Gasteiger charge is 2.12. The molecular formula is C23H18BrN3O6. The monoisotopic (exact) mass is 511 g/mol. The van der Waals surface area contributed by atoms with Crippen LogP contribution >= 0.6 is 15.9 Å². The third kappa shape index (κ3) is 6.97. The molecule has 3 aromatic rings. The number of ether oxygens (including phenoxy) is 2. The lowest BCUT2D eigenvalue weighted by atomic mass is 10.1. The van der Waals surface area contributed by atoms with Crippen molar-refractivity contribution in [1.29, 1.82) is 0 Å². The second-order valence-corrected chi connectivity index (χ2v) is 7.69. The average Bonchev–Trinajstić information content (AvgIpc) is 2.80. The van der Waals surface area contributed by atoms with Crippen molar-refractivity contribution in [2.45, 2.75) is 6.92 Å². The molecule has 0 spiro atoms. The first kappa shape index (κ1) is 23.6. The molecular weight excluding hydrogens is 494 g/mol. The highest BCUT2D eigenvalue weighted by Crippen LogP contribution is 2.23. The Morgan fingerprint density at radius 3 is 2.45 bits per heavy atom. The Morgan fingerprint density at radius 1 is 1.09 bits per heavy atom. The smallest absolute Gasteiger partial charge is 0.343 e. The fourth-order valence-electron chi connectivity index (χ4n) is 2.58. The minimum Gasteiger partial charge on any atom is -0.484 e. The molecule has 3 rings (SSSR count). The minimum atomic E-state index is -0.544. The summed E-state index contributed by atoms with van der Waals surface area (Å²) in [6.07, 6.45) is 1.34. The molecule has 0 unspecified atom stereocenters. The van der Waals surface area contributed by atoms with Crippen LogP contribution in [0, 0.1) is 17.0 Å². The SMILES string of the molecule is Cc1ccc(C(=O)Oc2ccc(Br)cc2/C=N\NC(=O)COc2ccc([N+](=O)[O-])cc2)cc1. The number of nitro groups is 1. The molecule has 3 aromatic carbocycles. The molecule has 168 valence electrons. The Hall–Kier alpha value is -4.05. The summed E-state index contributed by atoms with van der Waals surface area (Å²) >= 11 is 3.35. The number of aryl methyl sites for hydroxylation is 1. The zero-order valence-electron chi connectivity index (χ0n) is 17.4. The van der Waals surface area contributed by atoms with E-state index in [4.69, 9.17) is 9.47 Å². The van der Waals surface area contributed by atoms with Gasteiger partial charge >= 0.3 is 5.97 Å². The maximum Gasteiger partial charge on any atom is 0.343 e. The number of carbonyl (C=O) groups is 2. The van der Waals surface area contributed by atoms with E-state index >= 15 is 0 Å². The zero-order chi connectivity index (χ0) is 23.8. The van der Waals surface area contributed by atoms with Crippen molar-refractivity contribution in [3.05, 3.63) is 98.0 Å². The molecule has 0 radical (unpaired) electrons. The summed E-state index contributed by atoms with van der Waals surface area (Å²) in [5.41, 5.74) is 4.12. The van der Waals surface area contributed by atoms with Gasteiger partial charge in [-0.25, -0.2) is 10.2 Å². The Labute approximate surface area is 197 Å². The van der Waals surface area contributed by atoms with E-state index < -0.39 is 16.8 Å². The Balaban J connectivity index is 1.59. The summed E-state index contributed by atoms with van der Waals surface area (Å²) < 4.78 is 11.5. The topological polar surface area (TPSA) is 120 Å². The van der Waals surface area contributed by atoms with E-state index in [9.17, 15) is 19.7 Å². The van der Waals surface area contributed by atoms with Crippen LogP contribution in [0.25, 0.3) is 0 Å². The van der Waals surface area contributed by atoms with E-state index in [0.29, 0.717) is 16.9 Å². The van der Waals surface area contributed by atoms with Crippen molar-refractivity contribution in [3.63, 3.8) is 0 Å².